The van der Waals surface area contributed by atoms with E-state index < -0.39 is 18.6 Å². The number of halogens is 3. The number of benzene rings is 1. The first kappa shape index (κ1) is 24.1. The Bertz CT molecular complexity index is 657. The number of para-hydroxylation sites is 2. The number of nitrogens with zero attached hydrogens (tertiary/aromatic N) is 2. The van der Waals surface area contributed by atoms with Crippen LogP contribution in [-0.4, -0.2) is 72.2 Å². The number of piperidine rings is 1. The first-order valence-corrected chi connectivity index (χ1v) is 8.78. The summed E-state index contributed by atoms with van der Waals surface area (Å²) in [4.78, 5) is 27.2. The lowest BCUT2D eigenvalue weighted by Gasteiger charge is -2.38. The molecule has 2 rings (SSSR count). The molecular weight excluding hydrogens is 396 g/mol. The van der Waals surface area contributed by atoms with Gasteiger partial charge < -0.3 is 15.2 Å². The number of alkyl halides is 2. The molecule has 0 bridgehead atoms. The van der Waals surface area contributed by atoms with Crippen molar-refractivity contribution in [2.75, 3.05) is 32.0 Å². The smallest absolute Gasteiger partial charge is 0.387 e. The normalized spacial score (nSPS) is 16.5. The standard InChI is InChI=1S/C18H25F2N3O4.ClH/c1-12(23-9-7-13(8-10-23)22(2)11-16(24)25)17(26)21-14-5-3-4-6-15(14)27-18(19)20;/h3-6,12-13,18H,7-11H2,1-2H3,(H,21,26)(H,24,25);1H. The Morgan fingerprint density at radius 2 is 1.93 bits per heavy atom. The number of anilines is 1. The van der Waals surface area contributed by atoms with Gasteiger partial charge >= 0.3 is 12.6 Å². The number of carbonyl (C=O) groups excluding carboxylic acids is 1. The minimum Gasteiger partial charge on any atom is -0.480 e. The van der Waals surface area contributed by atoms with Crippen LogP contribution in [0.5, 0.6) is 5.75 Å². The topological polar surface area (TPSA) is 82.1 Å². The first-order chi connectivity index (χ1) is 12.8. The molecule has 28 heavy (non-hydrogen) atoms. The molecule has 10 heteroatoms. The third kappa shape index (κ3) is 6.88. The zero-order chi connectivity index (χ0) is 20.0. The van der Waals surface area contributed by atoms with Crippen molar-refractivity contribution in [2.45, 2.75) is 38.5 Å². The van der Waals surface area contributed by atoms with E-state index in [0.717, 1.165) is 12.8 Å². The largest absolute Gasteiger partial charge is 0.480 e. The Labute approximate surface area is 169 Å². The Morgan fingerprint density at radius 1 is 1.32 bits per heavy atom. The Kier molecular flexibility index (Phi) is 9.57. The van der Waals surface area contributed by atoms with Gasteiger partial charge in [0.2, 0.25) is 5.91 Å². The maximum atomic E-state index is 12.5. The highest BCUT2D eigenvalue weighted by atomic mass is 35.5. The molecule has 1 heterocycles. The molecule has 1 aromatic rings. The van der Waals surface area contributed by atoms with Crippen LogP contribution in [0.15, 0.2) is 24.3 Å². The molecule has 0 saturated carbocycles. The van der Waals surface area contributed by atoms with Gasteiger partial charge in [0, 0.05) is 19.1 Å². The average molecular weight is 422 g/mol. The molecule has 1 amide bonds. The summed E-state index contributed by atoms with van der Waals surface area (Å²) in [5.74, 6) is -1.25. The highest BCUT2D eigenvalue weighted by Gasteiger charge is 2.29. The molecule has 1 aliphatic rings. The van der Waals surface area contributed by atoms with Crippen molar-refractivity contribution >= 4 is 30.0 Å². The summed E-state index contributed by atoms with van der Waals surface area (Å²) >= 11 is 0. The summed E-state index contributed by atoms with van der Waals surface area (Å²) in [6.45, 7) is 0.0771. The predicted molar refractivity (Wildman–Crippen MR) is 103 cm³/mol. The molecule has 7 nitrogen and oxygen atoms in total. The van der Waals surface area contributed by atoms with E-state index in [9.17, 15) is 18.4 Å². The van der Waals surface area contributed by atoms with Crippen LogP contribution >= 0.6 is 12.4 Å². The van der Waals surface area contributed by atoms with Crippen molar-refractivity contribution in [3.05, 3.63) is 24.3 Å². The van der Waals surface area contributed by atoms with Crippen LogP contribution in [-0.2, 0) is 9.59 Å². The number of hydrogen-bond donors (Lipinski definition) is 2. The fraction of sp³-hybridized carbons (Fsp3) is 0.556. The van der Waals surface area contributed by atoms with Crippen LogP contribution in [0.1, 0.15) is 19.8 Å². The molecule has 158 valence electrons. The van der Waals surface area contributed by atoms with Gasteiger partial charge in [-0.3, -0.25) is 19.4 Å². The van der Waals surface area contributed by atoms with Gasteiger partial charge in [-0.1, -0.05) is 12.1 Å². The van der Waals surface area contributed by atoms with Gasteiger partial charge in [0.05, 0.1) is 18.3 Å². The lowest BCUT2D eigenvalue weighted by atomic mass is 10.0. The zero-order valence-corrected chi connectivity index (χ0v) is 16.6. The lowest BCUT2D eigenvalue weighted by molar-refractivity contribution is -0.138. The first-order valence-electron chi connectivity index (χ1n) is 8.78. The molecule has 1 unspecified atom stereocenters. The molecule has 1 saturated heterocycles. The Hall–Kier alpha value is -1.97. The number of likely N-dealkylation sites (N-methyl/N-ethyl adjacent to an activating group) is 1. The van der Waals surface area contributed by atoms with Gasteiger partial charge in [0.1, 0.15) is 5.75 Å². The summed E-state index contributed by atoms with van der Waals surface area (Å²) < 4.78 is 29.4. The molecule has 0 aromatic heterocycles. The summed E-state index contributed by atoms with van der Waals surface area (Å²) in [6.07, 6.45) is 1.51. The van der Waals surface area contributed by atoms with Crippen molar-refractivity contribution in [3.8, 4) is 5.75 Å². The number of carbonyl (C=O) groups is 2. The quantitative estimate of drug-likeness (QED) is 0.671. The van der Waals surface area contributed by atoms with Gasteiger partial charge in [-0.15, -0.1) is 12.4 Å². The molecule has 0 spiro atoms. The van der Waals surface area contributed by atoms with Crippen LogP contribution < -0.4 is 10.1 Å². The Morgan fingerprint density at radius 3 is 2.50 bits per heavy atom. The van der Waals surface area contributed by atoms with Gasteiger partial charge in [0.15, 0.2) is 0 Å². The number of amides is 1. The highest BCUT2D eigenvalue weighted by Crippen LogP contribution is 2.26. The third-order valence-electron chi connectivity index (χ3n) is 4.80. The SMILES string of the molecule is CC(C(=O)Nc1ccccc1OC(F)F)N1CCC(N(C)CC(=O)O)CC1.Cl. The number of hydrogen-bond acceptors (Lipinski definition) is 5. The number of carboxylic acid groups (broad SMARTS) is 1. The number of rotatable bonds is 8. The fourth-order valence-corrected chi connectivity index (χ4v) is 3.23. The summed E-state index contributed by atoms with van der Waals surface area (Å²) in [6, 6.07) is 5.77. The maximum Gasteiger partial charge on any atom is 0.387 e. The van der Waals surface area contributed by atoms with Crippen molar-refractivity contribution in [1.29, 1.82) is 0 Å². The summed E-state index contributed by atoms with van der Waals surface area (Å²) in [7, 11) is 1.78. The second-order valence-electron chi connectivity index (χ2n) is 6.62. The number of aliphatic carboxylic acids is 1. The van der Waals surface area contributed by atoms with Crippen molar-refractivity contribution in [1.82, 2.24) is 9.80 Å². The number of likely N-dealkylation sites (tertiary alicyclic amines) is 1. The molecular formula is C18H26ClF2N3O4. The van der Waals surface area contributed by atoms with E-state index in [2.05, 4.69) is 10.1 Å². The minimum atomic E-state index is -2.97. The van der Waals surface area contributed by atoms with Gasteiger partial charge in [0.25, 0.3) is 0 Å². The van der Waals surface area contributed by atoms with Gasteiger partial charge in [-0.2, -0.15) is 8.78 Å². The number of carboxylic acids is 1. The lowest BCUT2D eigenvalue weighted by Crippen LogP contribution is -2.50. The second kappa shape index (κ2) is 11.1. The van der Waals surface area contributed by atoms with E-state index in [0.29, 0.717) is 13.1 Å². The van der Waals surface area contributed by atoms with E-state index in [1.165, 1.54) is 12.1 Å². The molecule has 0 radical (unpaired) electrons. The molecule has 1 aliphatic heterocycles. The summed E-state index contributed by atoms with van der Waals surface area (Å²) in [5, 5.41) is 11.5. The van der Waals surface area contributed by atoms with Crippen LogP contribution in [0.2, 0.25) is 0 Å². The van der Waals surface area contributed by atoms with Crippen LogP contribution in [0, 0.1) is 0 Å². The van der Waals surface area contributed by atoms with Gasteiger partial charge in [-0.05, 0) is 38.9 Å². The number of nitrogens with one attached hydrogen (secondary N) is 1. The minimum absolute atomic E-state index is 0. The van der Waals surface area contributed by atoms with Crippen molar-refractivity contribution < 1.29 is 28.2 Å². The van der Waals surface area contributed by atoms with E-state index in [-0.39, 0.29) is 42.3 Å². The van der Waals surface area contributed by atoms with Crippen molar-refractivity contribution in [3.63, 3.8) is 0 Å². The monoisotopic (exact) mass is 421 g/mol. The zero-order valence-electron chi connectivity index (χ0n) is 15.8. The highest BCUT2D eigenvalue weighted by molar-refractivity contribution is 5.95. The third-order valence-corrected chi connectivity index (χ3v) is 4.80. The van der Waals surface area contributed by atoms with Crippen LogP contribution in [0.3, 0.4) is 0 Å². The van der Waals surface area contributed by atoms with E-state index in [1.807, 2.05) is 9.80 Å². The molecule has 2 N–H and O–H groups in total. The van der Waals surface area contributed by atoms with Gasteiger partial charge in [-0.25, -0.2) is 0 Å². The second-order valence-corrected chi connectivity index (χ2v) is 6.62. The molecule has 1 atom stereocenters. The number of ether oxygens (including phenoxy) is 1. The van der Waals surface area contributed by atoms with Crippen LogP contribution in [0.25, 0.3) is 0 Å². The molecule has 1 aromatic carbocycles. The molecule has 0 aliphatic carbocycles. The van der Waals surface area contributed by atoms with Crippen LogP contribution in [0.4, 0.5) is 14.5 Å². The predicted octanol–water partition coefficient (Wildman–Crippen LogP) is 2.52. The molecule has 1 fully saturated rings. The summed E-state index contributed by atoms with van der Waals surface area (Å²) in [5.41, 5.74) is 0.200. The Balaban J connectivity index is 0.00000392. The maximum absolute atomic E-state index is 12.5. The average Bonchev–Trinajstić information content (AvgIpc) is 2.62. The van der Waals surface area contributed by atoms with E-state index in [4.69, 9.17) is 5.11 Å². The van der Waals surface area contributed by atoms with E-state index in [1.54, 1.807) is 26.1 Å². The van der Waals surface area contributed by atoms with E-state index >= 15 is 0 Å². The fourth-order valence-electron chi connectivity index (χ4n) is 3.23. The van der Waals surface area contributed by atoms with Crippen molar-refractivity contribution in [2.24, 2.45) is 0 Å².